The predicted molar refractivity (Wildman–Crippen MR) is 81.1 cm³/mol. The Balaban J connectivity index is 2.37. The molecular formula is C13H13NO3S2. The maximum atomic E-state index is 11.8. The van der Waals surface area contributed by atoms with Gasteiger partial charge in [-0.1, -0.05) is 0 Å². The lowest BCUT2D eigenvalue weighted by Gasteiger charge is -2.07. The predicted octanol–water partition coefficient (Wildman–Crippen LogP) is 3.04. The van der Waals surface area contributed by atoms with Gasteiger partial charge >= 0.3 is 0 Å². The number of carbonyl (C=O) groups excluding carboxylic acids is 1. The zero-order valence-electron chi connectivity index (χ0n) is 10.8. The lowest BCUT2D eigenvalue weighted by Crippen LogP contribution is -1.92. The average molecular weight is 295 g/mol. The first-order valence-electron chi connectivity index (χ1n) is 5.46. The monoisotopic (exact) mass is 295 g/mol. The number of benzene rings is 1. The van der Waals surface area contributed by atoms with Gasteiger partial charge in [0.15, 0.2) is 0 Å². The number of nitrogens with zero attached hydrogens (tertiary/aromatic N) is 1. The van der Waals surface area contributed by atoms with Gasteiger partial charge in [0.2, 0.25) is 5.12 Å². The van der Waals surface area contributed by atoms with Crippen LogP contribution in [-0.2, 0) is 4.79 Å². The largest absolute Gasteiger partial charge is 0.497 e. The Labute approximate surface area is 120 Å². The maximum absolute atomic E-state index is 11.8. The highest BCUT2D eigenvalue weighted by Gasteiger charge is 2.21. The van der Waals surface area contributed by atoms with E-state index >= 15 is 0 Å². The van der Waals surface area contributed by atoms with Crippen LogP contribution in [0.1, 0.15) is 5.56 Å². The molecule has 100 valence electrons. The molecule has 1 aromatic carbocycles. The van der Waals surface area contributed by atoms with Crippen molar-refractivity contribution in [3.05, 3.63) is 29.5 Å². The molecule has 0 bridgehead atoms. The minimum absolute atomic E-state index is 0.0396. The number of thioether (sulfide) groups is 2. The minimum Gasteiger partial charge on any atom is -0.497 e. The Morgan fingerprint density at radius 3 is 2.68 bits per heavy atom. The molecule has 0 N–H and O–H groups in total. The fourth-order valence-electron chi connectivity index (χ4n) is 1.56. The normalized spacial score (nSPS) is 16.7. The van der Waals surface area contributed by atoms with E-state index in [1.165, 1.54) is 11.8 Å². The van der Waals surface area contributed by atoms with Crippen LogP contribution >= 0.6 is 23.5 Å². The lowest BCUT2D eigenvalue weighted by molar-refractivity contribution is -0.107. The van der Waals surface area contributed by atoms with E-state index in [2.05, 4.69) is 4.99 Å². The summed E-state index contributed by atoms with van der Waals surface area (Å²) in [7, 11) is 3.18. The van der Waals surface area contributed by atoms with Crippen molar-refractivity contribution < 1.29 is 14.3 Å². The Morgan fingerprint density at radius 2 is 2.11 bits per heavy atom. The summed E-state index contributed by atoms with van der Waals surface area (Å²) < 4.78 is 11.2. The molecule has 6 heteroatoms. The van der Waals surface area contributed by atoms with Gasteiger partial charge in [0.05, 0.1) is 14.2 Å². The first-order chi connectivity index (χ1) is 9.17. The van der Waals surface area contributed by atoms with Crippen molar-refractivity contribution in [3.63, 3.8) is 0 Å². The molecule has 0 aromatic heterocycles. The molecule has 1 aliphatic rings. The molecule has 0 radical (unpaired) electrons. The Hall–Kier alpha value is -1.40. The summed E-state index contributed by atoms with van der Waals surface area (Å²) in [6, 6.07) is 5.44. The van der Waals surface area contributed by atoms with Crippen molar-refractivity contribution in [2.45, 2.75) is 0 Å². The van der Waals surface area contributed by atoms with E-state index in [9.17, 15) is 4.79 Å². The van der Waals surface area contributed by atoms with Crippen LogP contribution in [0.4, 0.5) is 0 Å². The quantitative estimate of drug-likeness (QED) is 0.802. The number of hydrogen-bond acceptors (Lipinski definition) is 6. The molecule has 19 heavy (non-hydrogen) atoms. The molecule has 0 fully saturated rings. The van der Waals surface area contributed by atoms with E-state index in [0.717, 1.165) is 21.7 Å². The smallest absolute Gasteiger partial charge is 0.244 e. The Bertz CT molecular complexity index is 567. The summed E-state index contributed by atoms with van der Waals surface area (Å²) in [6.45, 7) is 0. The van der Waals surface area contributed by atoms with Gasteiger partial charge in [-0.25, -0.2) is 4.99 Å². The van der Waals surface area contributed by atoms with E-state index in [4.69, 9.17) is 9.47 Å². The van der Waals surface area contributed by atoms with Crippen LogP contribution in [0.25, 0.3) is 6.08 Å². The second-order valence-corrected chi connectivity index (χ2v) is 5.62. The number of hydrogen-bond donors (Lipinski definition) is 0. The topological polar surface area (TPSA) is 47.9 Å². The average Bonchev–Trinajstić information content (AvgIpc) is 2.80. The molecule has 0 unspecified atom stereocenters. The van der Waals surface area contributed by atoms with E-state index in [1.54, 1.807) is 26.4 Å². The lowest BCUT2D eigenvalue weighted by atomic mass is 10.1. The number of carbonyl (C=O) groups is 1. The van der Waals surface area contributed by atoms with Gasteiger partial charge < -0.3 is 9.47 Å². The van der Waals surface area contributed by atoms with E-state index in [0.29, 0.717) is 17.2 Å². The van der Waals surface area contributed by atoms with Crippen molar-refractivity contribution in [1.29, 1.82) is 0 Å². The summed E-state index contributed by atoms with van der Waals surface area (Å²) in [5, 5.41) is -0.0396. The van der Waals surface area contributed by atoms with Crippen LogP contribution in [0.15, 0.2) is 28.9 Å². The minimum atomic E-state index is -0.0396. The van der Waals surface area contributed by atoms with Crippen molar-refractivity contribution in [1.82, 2.24) is 0 Å². The summed E-state index contributed by atoms with van der Waals surface area (Å²) in [6.07, 6.45) is 3.63. The van der Waals surface area contributed by atoms with Gasteiger partial charge in [-0.15, -0.1) is 11.8 Å². The van der Waals surface area contributed by atoms with E-state index in [1.807, 2.05) is 18.4 Å². The third kappa shape index (κ3) is 3.13. The second kappa shape index (κ2) is 6.16. The van der Waals surface area contributed by atoms with E-state index in [-0.39, 0.29) is 5.12 Å². The number of methoxy groups -OCH3 is 2. The van der Waals surface area contributed by atoms with Crippen LogP contribution in [-0.4, -0.2) is 30.0 Å². The summed E-state index contributed by atoms with van der Waals surface area (Å²) in [5.41, 5.74) is 1.25. The highest BCUT2D eigenvalue weighted by atomic mass is 32.2. The molecule has 0 atom stereocenters. The number of ether oxygens (including phenoxy) is 2. The molecule has 0 amide bonds. The molecule has 1 aromatic rings. The molecule has 4 nitrogen and oxygen atoms in total. The van der Waals surface area contributed by atoms with Crippen LogP contribution in [0.5, 0.6) is 11.5 Å². The SMILES string of the molecule is COc1ccc(/C=C2\N=C(SC)SC2=O)c(OC)c1. The number of rotatable bonds is 3. The van der Waals surface area contributed by atoms with Gasteiger partial charge in [0, 0.05) is 11.6 Å². The fourth-order valence-corrected chi connectivity index (χ4v) is 2.82. The van der Waals surface area contributed by atoms with Crippen molar-refractivity contribution in [3.8, 4) is 11.5 Å². The standard InChI is InChI=1S/C13H13NO3S2/c1-16-9-5-4-8(11(7-9)17-2)6-10-12(15)19-13(14-10)18-3/h4-7H,1-3H3/b10-6-. The second-order valence-electron chi connectivity index (χ2n) is 3.61. The van der Waals surface area contributed by atoms with Crippen molar-refractivity contribution in [2.75, 3.05) is 20.5 Å². The molecule has 1 aliphatic heterocycles. The zero-order chi connectivity index (χ0) is 13.8. The Kier molecular flexibility index (Phi) is 4.55. The van der Waals surface area contributed by atoms with Crippen LogP contribution in [0.2, 0.25) is 0 Å². The van der Waals surface area contributed by atoms with Crippen LogP contribution in [0.3, 0.4) is 0 Å². The Morgan fingerprint density at radius 1 is 1.32 bits per heavy atom. The van der Waals surface area contributed by atoms with Crippen molar-refractivity contribution >= 4 is 39.1 Å². The van der Waals surface area contributed by atoms with Gasteiger partial charge in [0.1, 0.15) is 21.6 Å². The van der Waals surface area contributed by atoms with Gasteiger partial charge in [-0.2, -0.15) is 0 Å². The summed E-state index contributed by atoms with van der Waals surface area (Å²) in [4.78, 5) is 16.0. The first-order valence-corrected chi connectivity index (χ1v) is 7.50. The summed E-state index contributed by atoms with van der Waals surface area (Å²) in [5.74, 6) is 1.36. The summed E-state index contributed by atoms with van der Waals surface area (Å²) >= 11 is 2.62. The van der Waals surface area contributed by atoms with Crippen molar-refractivity contribution in [2.24, 2.45) is 4.99 Å². The highest BCUT2D eigenvalue weighted by Crippen LogP contribution is 2.32. The third-order valence-electron chi connectivity index (χ3n) is 2.51. The van der Waals surface area contributed by atoms with Crippen LogP contribution < -0.4 is 9.47 Å². The van der Waals surface area contributed by atoms with Gasteiger partial charge in [-0.3, -0.25) is 4.79 Å². The van der Waals surface area contributed by atoms with Gasteiger partial charge in [0.25, 0.3) is 0 Å². The molecule has 0 saturated carbocycles. The first kappa shape index (κ1) is 14.0. The fraction of sp³-hybridized carbons (Fsp3) is 0.231. The maximum Gasteiger partial charge on any atom is 0.244 e. The van der Waals surface area contributed by atoms with Crippen LogP contribution in [0, 0.1) is 0 Å². The van der Waals surface area contributed by atoms with E-state index < -0.39 is 0 Å². The van der Waals surface area contributed by atoms with Gasteiger partial charge in [-0.05, 0) is 36.2 Å². The zero-order valence-corrected chi connectivity index (χ0v) is 12.4. The third-order valence-corrected chi connectivity index (χ3v) is 4.36. The molecule has 0 spiro atoms. The molecular weight excluding hydrogens is 282 g/mol. The highest BCUT2D eigenvalue weighted by molar-refractivity contribution is 8.45. The number of aliphatic imine (C=N–C) groups is 1. The molecule has 1 heterocycles. The molecule has 2 rings (SSSR count). The molecule has 0 saturated heterocycles. The molecule has 0 aliphatic carbocycles.